The maximum atomic E-state index is 13.2. The molecule has 0 saturated carbocycles. The quantitative estimate of drug-likeness (QED) is 0.770. The fourth-order valence-electron chi connectivity index (χ4n) is 4.14. The Morgan fingerprint density at radius 1 is 1.22 bits per heavy atom. The van der Waals surface area contributed by atoms with Gasteiger partial charge >= 0.3 is 0 Å². The number of aromatic nitrogens is 1. The molecule has 2 saturated heterocycles. The maximum absolute atomic E-state index is 13.2. The standard InChI is InChI=1S/C19H23N3O4S/c1-26-10-9-21-7-8-22(18-13-27(24,25)12-17(18)21)19(23)15-4-5-16-14(11-15)3-2-6-20-16/h2-6,11,17-18H,7-10,12-13H2,1H3/t17-,18+/m1/s1. The van der Waals surface area contributed by atoms with E-state index in [9.17, 15) is 13.2 Å². The molecule has 2 aliphatic rings. The molecule has 2 aromatic rings. The molecule has 3 heterocycles. The molecule has 2 aliphatic heterocycles. The van der Waals surface area contributed by atoms with Crippen molar-refractivity contribution >= 4 is 26.6 Å². The van der Waals surface area contributed by atoms with Gasteiger partial charge in [-0.2, -0.15) is 0 Å². The van der Waals surface area contributed by atoms with Crippen LogP contribution < -0.4 is 0 Å². The second-order valence-electron chi connectivity index (χ2n) is 7.15. The first kappa shape index (κ1) is 18.3. The summed E-state index contributed by atoms with van der Waals surface area (Å²) in [5, 5.41) is 0.901. The number of fused-ring (bicyclic) bond motifs is 2. The Balaban J connectivity index is 1.61. The lowest BCUT2D eigenvalue weighted by Crippen LogP contribution is -2.61. The Morgan fingerprint density at radius 3 is 2.85 bits per heavy atom. The van der Waals surface area contributed by atoms with E-state index in [2.05, 4.69) is 9.88 Å². The van der Waals surface area contributed by atoms with Crippen LogP contribution in [0.1, 0.15) is 10.4 Å². The van der Waals surface area contributed by atoms with Crippen molar-refractivity contribution in [3.05, 3.63) is 42.1 Å². The summed E-state index contributed by atoms with van der Waals surface area (Å²) in [6.45, 7) is 2.40. The minimum atomic E-state index is -3.16. The zero-order valence-corrected chi connectivity index (χ0v) is 16.1. The van der Waals surface area contributed by atoms with Gasteiger partial charge in [-0.3, -0.25) is 14.7 Å². The van der Waals surface area contributed by atoms with Crippen molar-refractivity contribution in [2.75, 3.05) is 44.9 Å². The SMILES string of the molecule is COCCN1CCN(C(=O)c2ccc3ncccc3c2)[C@H]2CS(=O)(=O)C[C@H]21. The number of rotatable bonds is 4. The Kier molecular flexibility index (Phi) is 4.88. The number of nitrogens with zero attached hydrogens (tertiary/aromatic N) is 3. The normalized spacial score (nSPS) is 24.9. The summed E-state index contributed by atoms with van der Waals surface area (Å²) in [5.41, 5.74) is 1.41. The summed E-state index contributed by atoms with van der Waals surface area (Å²) < 4.78 is 29.7. The van der Waals surface area contributed by atoms with Crippen LogP contribution in [0.25, 0.3) is 10.9 Å². The number of methoxy groups -OCH3 is 1. The smallest absolute Gasteiger partial charge is 0.254 e. The van der Waals surface area contributed by atoms with Crippen molar-refractivity contribution in [3.63, 3.8) is 0 Å². The summed E-state index contributed by atoms with van der Waals surface area (Å²) in [6.07, 6.45) is 1.72. The van der Waals surface area contributed by atoms with E-state index in [1.165, 1.54) is 0 Å². The lowest BCUT2D eigenvalue weighted by atomic mass is 10.0. The highest BCUT2D eigenvalue weighted by molar-refractivity contribution is 7.91. The molecule has 8 heteroatoms. The minimum absolute atomic E-state index is 0.0298. The number of sulfone groups is 1. The molecule has 144 valence electrons. The monoisotopic (exact) mass is 389 g/mol. The van der Waals surface area contributed by atoms with E-state index in [-0.39, 0.29) is 29.5 Å². The fourth-order valence-corrected chi connectivity index (χ4v) is 6.15. The molecular formula is C19H23N3O4S. The van der Waals surface area contributed by atoms with Crippen molar-refractivity contribution in [1.29, 1.82) is 0 Å². The molecule has 27 heavy (non-hydrogen) atoms. The van der Waals surface area contributed by atoms with Crippen LogP contribution in [0.4, 0.5) is 0 Å². The molecule has 0 aliphatic carbocycles. The van der Waals surface area contributed by atoms with E-state index in [4.69, 9.17) is 4.74 Å². The molecule has 1 aromatic heterocycles. The molecule has 7 nitrogen and oxygen atoms in total. The van der Waals surface area contributed by atoms with Crippen LogP contribution in [0.15, 0.2) is 36.5 Å². The second-order valence-corrected chi connectivity index (χ2v) is 9.30. The molecule has 1 amide bonds. The number of pyridine rings is 1. The first-order valence-corrected chi connectivity index (χ1v) is 10.9. The van der Waals surface area contributed by atoms with Crippen LogP contribution in [0.5, 0.6) is 0 Å². The minimum Gasteiger partial charge on any atom is -0.383 e. The summed E-state index contributed by atoms with van der Waals surface area (Å²) >= 11 is 0. The van der Waals surface area contributed by atoms with Gasteiger partial charge in [0.2, 0.25) is 0 Å². The Bertz CT molecular complexity index is 962. The highest BCUT2D eigenvalue weighted by atomic mass is 32.2. The van der Waals surface area contributed by atoms with Crippen LogP contribution >= 0.6 is 0 Å². The van der Waals surface area contributed by atoms with Gasteiger partial charge in [-0.25, -0.2) is 8.42 Å². The number of carbonyl (C=O) groups is 1. The van der Waals surface area contributed by atoms with E-state index < -0.39 is 9.84 Å². The molecule has 4 rings (SSSR count). The van der Waals surface area contributed by atoms with Crippen molar-refractivity contribution in [2.24, 2.45) is 0 Å². The summed E-state index contributed by atoms with van der Waals surface area (Å²) in [6, 6.07) is 8.73. The molecule has 2 fully saturated rings. The van der Waals surface area contributed by atoms with Gasteiger partial charge in [0.1, 0.15) is 0 Å². The molecule has 2 atom stereocenters. The van der Waals surface area contributed by atoms with E-state index >= 15 is 0 Å². The molecule has 0 radical (unpaired) electrons. The summed E-state index contributed by atoms with van der Waals surface area (Å²) in [7, 11) is -1.52. The van der Waals surface area contributed by atoms with Gasteiger partial charge in [-0.05, 0) is 24.3 Å². The van der Waals surface area contributed by atoms with Crippen LogP contribution in [0.2, 0.25) is 0 Å². The van der Waals surface area contributed by atoms with Crippen LogP contribution in [0.3, 0.4) is 0 Å². The number of amides is 1. The third-order valence-corrected chi connectivity index (χ3v) is 7.18. The molecule has 0 spiro atoms. The number of hydrogen-bond donors (Lipinski definition) is 0. The van der Waals surface area contributed by atoms with Gasteiger partial charge < -0.3 is 9.64 Å². The third kappa shape index (κ3) is 3.56. The average molecular weight is 389 g/mol. The number of hydrogen-bond acceptors (Lipinski definition) is 6. The predicted molar refractivity (Wildman–Crippen MR) is 102 cm³/mol. The molecule has 0 N–H and O–H groups in total. The highest BCUT2D eigenvalue weighted by Crippen LogP contribution is 2.28. The van der Waals surface area contributed by atoms with Crippen molar-refractivity contribution < 1.29 is 17.9 Å². The van der Waals surface area contributed by atoms with Gasteiger partial charge in [0, 0.05) is 49.9 Å². The van der Waals surface area contributed by atoms with Crippen LogP contribution in [-0.4, -0.2) is 86.0 Å². The Hall–Kier alpha value is -2.03. The number of piperazine rings is 1. The van der Waals surface area contributed by atoms with Crippen molar-refractivity contribution in [2.45, 2.75) is 12.1 Å². The van der Waals surface area contributed by atoms with E-state index in [0.717, 1.165) is 10.9 Å². The lowest BCUT2D eigenvalue weighted by Gasteiger charge is -2.43. The summed E-state index contributed by atoms with van der Waals surface area (Å²) in [4.78, 5) is 21.4. The van der Waals surface area contributed by atoms with Gasteiger partial charge in [-0.1, -0.05) is 6.07 Å². The van der Waals surface area contributed by atoms with Crippen LogP contribution in [-0.2, 0) is 14.6 Å². The van der Waals surface area contributed by atoms with Gasteiger partial charge in [-0.15, -0.1) is 0 Å². The summed E-state index contributed by atoms with van der Waals surface area (Å²) in [5.74, 6) is 0.0219. The van der Waals surface area contributed by atoms with E-state index in [1.807, 2.05) is 24.3 Å². The fraction of sp³-hybridized carbons (Fsp3) is 0.474. The van der Waals surface area contributed by atoms with Gasteiger partial charge in [0.25, 0.3) is 5.91 Å². The number of carbonyl (C=O) groups excluding carboxylic acids is 1. The second kappa shape index (κ2) is 7.18. The largest absolute Gasteiger partial charge is 0.383 e. The van der Waals surface area contributed by atoms with Crippen molar-refractivity contribution in [3.8, 4) is 0 Å². The van der Waals surface area contributed by atoms with E-state index in [0.29, 0.717) is 31.8 Å². The first-order valence-electron chi connectivity index (χ1n) is 9.08. The highest BCUT2D eigenvalue weighted by Gasteiger charge is 2.47. The Morgan fingerprint density at radius 2 is 2.04 bits per heavy atom. The van der Waals surface area contributed by atoms with E-state index in [1.54, 1.807) is 24.3 Å². The topological polar surface area (TPSA) is 79.8 Å². The maximum Gasteiger partial charge on any atom is 0.254 e. The zero-order valence-electron chi connectivity index (χ0n) is 15.2. The third-order valence-electron chi connectivity index (χ3n) is 5.48. The lowest BCUT2D eigenvalue weighted by molar-refractivity contribution is 0.0247. The predicted octanol–water partition coefficient (Wildman–Crippen LogP) is 0.805. The Labute approximate surface area is 158 Å². The van der Waals surface area contributed by atoms with Crippen molar-refractivity contribution in [1.82, 2.24) is 14.8 Å². The zero-order chi connectivity index (χ0) is 19.0. The molecular weight excluding hydrogens is 366 g/mol. The molecule has 0 unspecified atom stereocenters. The first-order chi connectivity index (χ1) is 13.0. The average Bonchev–Trinajstić information content (AvgIpc) is 3.00. The van der Waals surface area contributed by atoms with Crippen LogP contribution in [0, 0.1) is 0 Å². The number of ether oxygens (including phenoxy) is 1. The van der Waals surface area contributed by atoms with Gasteiger partial charge in [0.15, 0.2) is 9.84 Å². The molecule has 1 aromatic carbocycles. The molecule has 0 bridgehead atoms. The van der Waals surface area contributed by atoms with Gasteiger partial charge in [0.05, 0.1) is 29.7 Å². The number of benzene rings is 1.